The number of benzene rings is 1. The van der Waals surface area contributed by atoms with Crippen molar-refractivity contribution in [3.63, 3.8) is 0 Å². The monoisotopic (exact) mass is 267 g/mol. The molecule has 1 aromatic heterocycles. The lowest BCUT2D eigenvalue weighted by atomic mass is 10.0. The van der Waals surface area contributed by atoms with Crippen molar-refractivity contribution in [1.82, 2.24) is 5.32 Å². The van der Waals surface area contributed by atoms with E-state index in [1.54, 1.807) is 12.1 Å². The van der Waals surface area contributed by atoms with Gasteiger partial charge in [-0.25, -0.2) is 0 Å². The van der Waals surface area contributed by atoms with Crippen LogP contribution in [0.15, 0.2) is 40.8 Å². The van der Waals surface area contributed by atoms with Gasteiger partial charge in [0.2, 0.25) is 0 Å². The van der Waals surface area contributed by atoms with Crippen molar-refractivity contribution < 1.29 is 17.9 Å². The Kier molecular flexibility index (Phi) is 4.16. The third-order valence-electron chi connectivity index (χ3n) is 2.77. The maximum Gasteiger partial charge on any atom is 0.387 e. The number of alkyl halides is 2. The largest absolute Gasteiger partial charge is 0.464 e. The highest BCUT2D eigenvalue weighted by Gasteiger charge is 2.15. The summed E-state index contributed by atoms with van der Waals surface area (Å²) in [4.78, 5) is 0. The third-order valence-corrected chi connectivity index (χ3v) is 2.77. The fraction of sp³-hybridized carbons (Fsp3) is 0.286. The SMILES string of the molecule is CNC(c1ccc(OC(F)F)cc1)c1ccc(C)o1. The summed E-state index contributed by atoms with van der Waals surface area (Å²) in [5, 5.41) is 3.13. The van der Waals surface area contributed by atoms with Crippen LogP contribution in [0, 0.1) is 6.92 Å². The lowest BCUT2D eigenvalue weighted by Crippen LogP contribution is -2.16. The quantitative estimate of drug-likeness (QED) is 0.900. The van der Waals surface area contributed by atoms with E-state index in [1.165, 1.54) is 12.1 Å². The minimum absolute atomic E-state index is 0.116. The van der Waals surface area contributed by atoms with Crippen LogP contribution in [0.2, 0.25) is 0 Å². The van der Waals surface area contributed by atoms with Crippen LogP contribution in [-0.2, 0) is 0 Å². The van der Waals surface area contributed by atoms with E-state index < -0.39 is 6.61 Å². The highest BCUT2D eigenvalue weighted by atomic mass is 19.3. The Bertz CT molecular complexity index is 522. The predicted octanol–water partition coefficient (Wildman–Crippen LogP) is 3.50. The molecule has 0 radical (unpaired) electrons. The summed E-state index contributed by atoms with van der Waals surface area (Å²) < 4.78 is 34.0. The number of hydrogen-bond donors (Lipinski definition) is 1. The molecule has 0 aliphatic carbocycles. The van der Waals surface area contributed by atoms with Gasteiger partial charge >= 0.3 is 6.61 Å². The van der Waals surface area contributed by atoms with E-state index in [1.807, 2.05) is 26.1 Å². The highest BCUT2D eigenvalue weighted by molar-refractivity contribution is 5.33. The number of aryl methyl sites for hydroxylation is 1. The maximum absolute atomic E-state index is 12.1. The average Bonchev–Trinajstić information content (AvgIpc) is 2.78. The molecule has 2 aromatic rings. The molecule has 5 heteroatoms. The van der Waals surface area contributed by atoms with Gasteiger partial charge in [0, 0.05) is 0 Å². The van der Waals surface area contributed by atoms with Crippen LogP contribution in [0.5, 0.6) is 5.75 Å². The van der Waals surface area contributed by atoms with E-state index >= 15 is 0 Å². The lowest BCUT2D eigenvalue weighted by Gasteiger charge is -2.14. The van der Waals surface area contributed by atoms with Crippen LogP contribution < -0.4 is 10.1 Å². The van der Waals surface area contributed by atoms with Crippen LogP contribution in [0.4, 0.5) is 8.78 Å². The van der Waals surface area contributed by atoms with Crippen LogP contribution in [0.25, 0.3) is 0 Å². The van der Waals surface area contributed by atoms with E-state index in [2.05, 4.69) is 10.1 Å². The third kappa shape index (κ3) is 3.32. The molecule has 0 aliphatic heterocycles. The van der Waals surface area contributed by atoms with Gasteiger partial charge in [0.05, 0.1) is 6.04 Å². The minimum atomic E-state index is -2.81. The van der Waals surface area contributed by atoms with Gasteiger partial charge in [-0.05, 0) is 43.8 Å². The van der Waals surface area contributed by atoms with Crippen molar-refractivity contribution in [3.8, 4) is 5.75 Å². The molecule has 1 heterocycles. The number of halogens is 2. The van der Waals surface area contributed by atoms with Gasteiger partial charge in [0.25, 0.3) is 0 Å². The summed E-state index contributed by atoms with van der Waals surface area (Å²) in [6, 6.07) is 10.2. The Labute approximate surface area is 110 Å². The van der Waals surface area contributed by atoms with E-state index in [0.29, 0.717) is 0 Å². The highest BCUT2D eigenvalue weighted by Crippen LogP contribution is 2.25. The number of furan rings is 1. The van der Waals surface area contributed by atoms with Crippen molar-refractivity contribution >= 4 is 0 Å². The molecule has 0 spiro atoms. The predicted molar refractivity (Wildman–Crippen MR) is 67.4 cm³/mol. The average molecular weight is 267 g/mol. The summed E-state index contributed by atoms with van der Waals surface area (Å²) in [6.07, 6.45) is 0. The van der Waals surface area contributed by atoms with Gasteiger partial charge in [0.15, 0.2) is 0 Å². The number of nitrogens with one attached hydrogen (secondary N) is 1. The van der Waals surface area contributed by atoms with Crippen molar-refractivity contribution in [2.75, 3.05) is 7.05 Å². The van der Waals surface area contributed by atoms with Crippen LogP contribution >= 0.6 is 0 Å². The molecule has 0 fully saturated rings. The fourth-order valence-electron chi connectivity index (χ4n) is 1.92. The van der Waals surface area contributed by atoms with E-state index in [9.17, 15) is 8.78 Å². The number of rotatable bonds is 5. The van der Waals surface area contributed by atoms with Crippen LogP contribution in [-0.4, -0.2) is 13.7 Å². The lowest BCUT2D eigenvalue weighted by molar-refractivity contribution is -0.0498. The molecule has 1 unspecified atom stereocenters. The Morgan fingerprint density at radius 1 is 1.11 bits per heavy atom. The molecular weight excluding hydrogens is 252 g/mol. The van der Waals surface area contributed by atoms with E-state index in [-0.39, 0.29) is 11.8 Å². The van der Waals surface area contributed by atoms with Gasteiger partial charge in [-0.15, -0.1) is 0 Å². The molecule has 3 nitrogen and oxygen atoms in total. The normalized spacial score (nSPS) is 12.7. The van der Waals surface area contributed by atoms with Crippen LogP contribution in [0.3, 0.4) is 0 Å². The van der Waals surface area contributed by atoms with Crippen molar-refractivity contribution in [2.24, 2.45) is 0 Å². The molecule has 0 saturated heterocycles. The van der Waals surface area contributed by atoms with Gasteiger partial charge in [-0.2, -0.15) is 8.78 Å². The molecule has 0 aliphatic rings. The van der Waals surface area contributed by atoms with E-state index in [4.69, 9.17) is 4.42 Å². The van der Waals surface area contributed by atoms with E-state index in [0.717, 1.165) is 17.1 Å². The molecule has 2 rings (SSSR count). The summed E-state index contributed by atoms with van der Waals surface area (Å²) >= 11 is 0. The molecule has 1 aromatic carbocycles. The standard InChI is InChI=1S/C14H15F2NO2/c1-9-3-8-12(18-9)13(17-2)10-4-6-11(7-5-10)19-14(15)16/h3-8,13-14,17H,1-2H3. The van der Waals surface area contributed by atoms with Gasteiger partial charge in [-0.3, -0.25) is 0 Å². The zero-order valence-corrected chi connectivity index (χ0v) is 10.7. The summed E-state index contributed by atoms with van der Waals surface area (Å²) in [6.45, 7) is -0.936. The first-order valence-electron chi connectivity index (χ1n) is 5.88. The van der Waals surface area contributed by atoms with Crippen molar-refractivity contribution in [2.45, 2.75) is 19.6 Å². The minimum Gasteiger partial charge on any atom is -0.464 e. The maximum atomic E-state index is 12.1. The zero-order chi connectivity index (χ0) is 13.8. The second-order valence-electron chi connectivity index (χ2n) is 4.12. The van der Waals surface area contributed by atoms with Crippen LogP contribution in [0.1, 0.15) is 23.1 Å². The summed E-state index contributed by atoms with van der Waals surface area (Å²) in [5.74, 6) is 1.75. The Hall–Kier alpha value is -1.88. The molecule has 0 amide bonds. The molecular formula is C14H15F2NO2. The molecule has 0 bridgehead atoms. The summed E-state index contributed by atoms with van der Waals surface area (Å²) in [7, 11) is 1.81. The first-order chi connectivity index (χ1) is 9.10. The van der Waals surface area contributed by atoms with Crippen molar-refractivity contribution in [1.29, 1.82) is 0 Å². The Balaban J connectivity index is 2.19. The number of ether oxygens (including phenoxy) is 1. The second-order valence-corrected chi connectivity index (χ2v) is 4.12. The Morgan fingerprint density at radius 3 is 2.26 bits per heavy atom. The Morgan fingerprint density at radius 2 is 1.79 bits per heavy atom. The number of hydrogen-bond acceptors (Lipinski definition) is 3. The molecule has 19 heavy (non-hydrogen) atoms. The molecule has 1 atom stereocenters. The topological polar surface area (TPSA) is 34.4 Å². The first-order valence-corrected chi connectivity index (χ1v) is 5.88. The molecule has 0 saturated carbocycles. The summed E-state index contributed by atoms with van der Waals surface area (Å²) in [5.41, 5.74) is 0.915. The molecule has 1 N–H and O–H groups in total. The van der Waals surface area contributed by atoms with Crippen molar-refractivity contribution in [3.05, 3.63) is 53.5 Å². The first kappa shape index (κ1) is 13.5. The van der Waals surface area contributed by atoms with Gasteiger partial charge in [-0.1, -0.05) is 12.1 Å². The zero-order valence-electron chi connectivity index (χ0n) is 10.7. The smallest absolute Gasteiger partial charge is 0.387 e. The van der Waals surface area contributed by atoms with Gasteiger partial charge in [0.1, 0.15) is 17.3 Å². The fourth-order valence-corrected chi connectivity index (χ4v) is 1.92. The van der Waals surface area contributed by atoms with Gasteiger partial charge < -0.3 is 14.5 Å². The second kappa shape index (κ2) is 5.84. The molecule has 102 valence electrons.